The molecule has 2 N–H and O–H groups in total. The van der Waals surface area contributed by atoms with Gasteiger partial charge in [-0.3, -0.25) is 0 Å². The zero-order valence-electron chi connectivity index (χ0n) is 7.01. The zero-order chi connectivity index (χ0) is 8.97. The van der Waals surface area contributed by atoms with Crippen molar-refractivity contribution in [1.82, 2.24) is 0 Å². The molecule has 0 aliphatic heterocycles. The minimum absolute atomic E-state index is 0.671. The molecule has 0 amide bonds. The number of hydrogen-bond donors (Lipinski definition) is 1. The van der Waals surface area contributed by atoms with Crippen molar-refractivity contribution in [3.63, 3.8) is 0 Å². The molecule has 0 saturated carbocycles. The van der Waals surface area contributed by atoms with Crippen LogP contribution in [0.5, 0.6) is 5.75 Å². The SMILES string of the molecule is COc1cc(CCN)ccc1Br. The van der Waals surface area contributed by atoms with Gasteiger partial charge in [0.25, 0.3) is 0 Å². The third-order valence-corrected chi connectivity index (χ3v) is 2.30. The smallest absolute Gasteiger partial charge is 0.133 e. The standard InChI is InChI=1S/C9H12BrNO/c1-12-9-6-7(4-5-11)2-3-8(9)10/h2-3,6H,4-5,11H2,1H3. The lowest BCUT2D eigenvalue weighted by molar-refractivity contribution is 0.411. The molecular formula is C9H12BrNO. The van der Waals surface area contributed by atoms with Gasteiger partial charge in [-0.15, -0.1) is 0 Å². The number of ether oxygens (including phenoxy) is 1. The number of methoxy groups -OCH3 is 1. The first kappa shape index (κ1) is 9.55. The summed E-state index contributed by atoms with van der Waals surface area (Å²) < 4.78 is 6.12. The molecule has 0 spiro atoms. The third-order valence-electron chi connectivity index (χ3n) is 1.65. The van der Waals surface area contributed by atoms with E-state index in [1.54, 1.807) is 7.11 Å². The lowest BCUT2D eigenvalue weighted by Gasteiger charge is -2.05. The Morgan fingerprint density at radius 3 is 2.83 bits per heavy atom. The van der Waals surface area contributed by atoms with E-state index >= 15 is 0 Å². The third kappa shape index (κ3) is 2.22. The van der Waals surface area contributed by atoms with Gasteiger partial charge in [0.2, 0.25) is 0 Å². The fraction of sp³-hybridized carbons (Fsp3) is 0.333. The Balaban J connectivity index is 2.89. The molecule has 12 heavy (non-hydrogen) atoms. The van der Waals surface area contributed by atoms with Crippen LogP contribution in [-0.2, 0) is 6.42 Å². The van der Waals surface area contributed by atoms with Gasteiger partial charge in [-0.1, -0.05) is 6.07 Å². The molecule has 1 aromatic carbocycles. The molecule has 0 aliphatic rings. The van der Waals surface area contributed by atoms with Gasteiger partial charge in [0, 0.05) is 0 Å². The topological polar surface area (TPSA) is 35.2 Å². The van der Waals surface area contributed by atoms with Crippen LogP contribution in [0.25, 0.3) is 0 Å². The second kappa shape index (κ2) is 4.48. The summed E-state index contributed by atoms with van der Waals surface area (Å²) >= 11 is 3.39. The van der Waals surface area contributed by atoms with E-state index in [9.17, 15) is 0 Å². The van der Waals surface area contributed by atoms with Gasteiger partial charge in [-0.25, -0.2) is 0 Å². The van der Waals surface area contributed by atoms with Crippen molar-refractivity contribution in [3.05, 3.63) is 28.2 Å². The van der Waals surface area contributed by atoms with Crippen LogP contribution in [-0.4, -0.2) is 13.7 Å². The van der Waals surface area contributed by atoms with Crippen LogP contribution < -0.4 is 10.5 Å². The zero-order valence-corrected chi connectivity index (χ0v) is 8.60. The van der Waals surface area contributed by atoms with Crippen LogP contribution in [0.1, 0.15) is 5.56 Å². The van der Waals surface area contributed by atoms with Gasteiger partial charge in [-0.05, 0) is 46.6 Å². The van der Waals surface area contributed by atoms with Crippen molar-refractivity contribution < 1.29 is 4.74 Å². The molecule has 0 radical (unpaired) electrons. The summed E-state index contributed by atoms with van der Waals surface area (Å²) in [6.07, 6.45) is 0.892. The molecule has 0 aromatic heterocycles. The van der Waals surface area contributed by atoms with Gasteiger partial charge in [0.15, 0.2) is 0 Å². The fourth-order valence-electron chi connectivity index (χ4n) is 1.03. The number of hydrogen-bond acceptors (Lipinski definition) is 2. The van der Waals surface area contributed by atoms with Crippen LogP contribution in [0.15, 0.2) is 22.7 Å². The summed E-state index contributed by atoms with van der Waals surface area (Å²) in [6.45, 7) is 0.671. The molecule has 3 heteroatoms. The molecule has 0 fully saturated rings. The predicted octanol–water partition coefficient (Wildman–Crippen LogP) is 1.96. The van der Waals surface area contributed by atoms with Gasteiger partial charge >= 0.3 is 0 Å². The summed E-state index contributed by atoms with van der Waals surface area (Å²) in [6, 6.07) is 6.01. The van der Waals surface area contributed by atoms with Crippen molar-refractivity contribution >= 4 is 15.9 Å². The van der Waals surface area contributed by atoms with E-state index in [1.165, 1.54) is 5.56 Å². The van der Waals surface area contributed by atoms with Crippen LogP contribution in [0.2, 0.25) is 0 Å². The van der Waals surface area contributed by atoms with Crippen LogP contribution in [0.3, 0.4) is 0 Å². The van der Waals surface area contributed by atoms with Crippen LogP contribution in [0, 0.1) is 0 Å². The van der Waals surface area contributed by atoms with Crippen molar-refractivity contribution in [3.8, 4) is 5.75 Å². The van der Waals surface area contributed by atoms with E-state index in [0.717, 1.165) is 16.6 Å². The highest BCUT2D eigenvalue weighted by molar-refractivity contribution is 9.10. The van der Waals surface area contributed by atoms with Gasteiger partial charge < -0.3 is 10.5 Å². The molecule has 66 valence electrons. The normalized spacial score (nSPS) is 9.92. The lowest BCUT2D eigenvalue weighted by Crippen LogP contribution is -2.02. The van der Waals surface area contributed by atoms with E-state index in [4.69, 9.17) is 10.5 Å². The van der Waals surface area contributed by atoms with E-state index in [2.05, 4.69) is 15.9 Å². The number of rotatable bonds is 3. The highest BCUT2D eigenvalue weighted by Crippen LogP contribution is 2.25. The molecule has 2 nitrogen and oxygen atoms in total. The first-order valence-electron chi connectivity index (χ1n) is 3.80. The molecule has 1 aromatic rings. The van der Waals surface area contributed by atoms with E-state index < -0.39 is 0 Å². The molecule has 0 unspecified atom stereocenters. The monoisotopic (exact) mass is 229 g/mol. The highest BCUT2D eigenvalue weighted by atomic mass is 79.9. The first-order chi connectivity index (χ1) is 5.77. The molecular weight excluding hydrogens is 218 g/mol. The highest BCUT2D eigenvalue weighted by Gasteiger charge is 1.99. The Bertz CT molecular complexity index is 263. The summed E-state index contributed by atoms with van der Waals surface area (Å²) in [4.78, 5) is 0. The molecule has 0 saturated heterocycles. The van der Waals surface area contributed by atoms with E-state index in [-0.39, 0.29) is 0 Å². The average molecular weight is 230 g/mol. The minimum atomic E-state index is 0.671. The molecule has 1 rings (SSSR count). The summed E-state index contributed by atoms with van der Waals surface area (Å²) in [5.41, 5.74) is 6.64. The second-order valence-electron chi connectivity index (χ2n) is 2.51. The Hall–Kier alpha value is -0.540. The van der Waals surface area contributed by atoms with Crippen molar-refractivity contribution in [1.29, 1.82) is 0 Å². The molecule has 0 aliphatic carbocycles. The maximum absolute atomic E-state index is 5.44. The van der Waals surface area contributed by atoms with Crippen molar-refractivity contribution in [2.75, 3.05) is 13.7 Å². The van der Waals surface area contributed by atoms with Crippen LogP contribution >= 0.6 is 15.9 Å². The van der Waals surface area contributed by atoms with Crippen molar-refractivity contribution in [2.45, 2.75) is 6.42 Å². The van der Waals surface area contributed by atoms with Gasteiger partial charge in [0.05, 0.1) is 11.6 Å². The van der Waals surface area contributed by atoms with Crippen molar-refractivity contribution in [2.24, 2.45) is 5.73 Å². The maximum atomic E-state index is 5.44. The number of halogens is 1. The fourth-order valence-corrected chi connectivity index (χ4v) is 1.43. The minimum Gasteiger partial charge on any atom is -0.496 e. The van der Waals surface area contributed by atoms with E-state index in [0.29, 0.717) is 6.54 Å². The van der Waals surface area contributed by atoms with E-state index in [1.807, 2.05) is 18.2 Å². The summed E-state index contributed by atoms with van der Waals surface area (Å²) in [5.74, 6) is 0.862. The molecule has 0 heterocycles. The Kier molecular flexibility index (Phi) is 3.56. The van der Waals surface area contributed by atoms with Gasteiger partial charge in [-0.2, -0.15) is 0 Å². The Morgan fingerprint density at radius 1 is 1.50 bits per heavy atom. The Labute approximate surface area is 80.8 Å². The summed E-state index contributed by atoms with van der Waals surface area (Å²) in [7, 11) is 1.66. The first-order valence-corrected chi connectivity index (χ1v) is 4.59. The van der Waals surface area contributed by atoms with Crippen LogP contribution in [0.4, 0.5) is 0 Å². The molecule has 0 bridgehead atoms. The number of benzene rings is 1. The maximum Gasteiger partial charge on any atom is 0.133 e. The predicted molar refractivity (Wildman–Crippen MR) is 53.5 cm³/mol. The number of nitrogens with two attached hydrogens (primary N) is 1. The lowest BCUT2D eigenvalue weighted by atomic mass is 10.1. The average Bonchev–Trinajstić information content (AvgIpc) is 2.09. The largest absolute Gasteiger partial charge is 0.496 e. The summed E-state index contributed by atoms with van der Waals surface area (Å²) in [5, 5.41) is 0. The van der Waals surface area contributed by atoms with Gasteiger partial charge in [0.1, 0.15) is 5.75 Å². The quantitative estimate of drug-likeness (QED) is 0.861. The second-order valence-corrected chi connectivity index (χ2v) is 3.36. The Morgan fingerprint density at radius 2 is 2.25 bits per heavy atom. The molecule has 0 atom stereocenters.